The molecule has 12 heteroatoms. The fraction of sp³-hybridized carbons (Fsp3) is 0.346. The highest BCUT2D eigenvalue weighted by molar-refractivity contribution is 6.39. The van der Waals surface area contributed by atoms with Gasteiger partial charge < -0.3 is 10.0 Å². The maximum absolute atomic E-state index is 13.9. The number of benzene rings is 1. The molecule has 1 amide bonds. The van der Waals surface area contributed by atoms with Gasteiger partial charge in [0.2, 0.25) is 0 Å². The summed E-state index contributed by atoms with van der Waals surface area (Å²) >= 11 is 12.3. The second-order valence-corrected chi connectivity index (χ2v) is 10.1. The third-order valence-electron chi connectivity index (χ3n) is 6.72. The van der Waals surface area contributed by atoms with Gasteiger partial charge in [0.15, 0.2) is 5.78 Å². The molecule has 38 heavy (non-hydrogen) atoms. The molecule has 4 rings (SSSR count). The molecule has 0 aliphatic heterocycles. The standard InChI is InChI=1S/C26H24Cl2F2N4O4/c1-14-20(9-32-34(14)19-4-2-16(3-5-19)26(37)38)25(36)33(12-15-6-17(29)8-18(30)7-15)13-23(35)24-21(27)10-31-11-22(24)28/h6-11,16,19H,2-5,12-13H2,1H3,(H,37,38). The number of carbonyl (C=O) groups excluding carboxylic acids is 2. The van der Waals surface area contributed by atoms with Crippen molar-refractivity contribution in [2.75, 3.05) is 6.54 Å². The molecule has 1 saturated carbocycles. The average molecular weight is 565 g/mol. The highest BCUT2D eigenvalue weighted by atomic mass is 35.5. The molecule has 0 bridgehead atoms. The summed E-state index contributed by atoms with van der Waals surface area (Å²) in [7, 11) is 0. The molecule has 3 aromatic rings. The van der Waals surface area contributed by atoms with E-state index in [9.17, 15) is 28.3 Å². The summed E-state index contributed by atoms with van der Waals surface area (Å²) in [6, 6.07) is 2.80. The van der Waals surface area contributed by atoms with Gasteiger partial charge in [-0.3, -0.25) is 24.0 Å². The Morgan fingerprint density at radius 1 is 1.03 bits per heavy atom. The number of amides is 1. The molecule has 1 aliphatic carbocycles. The molecule has 0 saturated heterocycles. The highest BCUT2D eigenvalue weighted by Gasteiger charge is 2.30. The molecule has 1 aliphatic rings. The van der Waals surface area contributed by atoms with Crippen molar-refractivity contribution < 1.29 is 28.3 Å². The summed E-state index contributed by atoms with van der Waals surface area (Å²) in [4.78, 5) is 43.1. The number of hydrogen-bond acceptors (Lipinski definition) is 5. The highest BCUT2D eigenvalue weighted by Crippen LogP contribution is 2.33. The lowest BCUT2D eigenvalue weighted by atomic mass is 9.86. The van der Waals surface area contributed by atoms with Crippen molar-refractivity contribution in [2.45, 2.75) is 45.2 Å². The Morgan fingerprint density at radius 3 is 2.21 bits per heavy atom. The summed E-state index contributed by atoms with van der Waals surface area (Å²) in [5, 5.41) is 13.7. The lowest BCUT2D eigenvalue weighted by molar-refractivity contribution is -0.143. The number of pyridine rings is 1. The Kier molecular flexibility index (Phi) is 8.42. The molecule has 2 aromatic heterocycles. The minimum atomic E-state index is -0.820. The SMILES string of the molecule is Cc1c(C(=O)N(CC(=O)c2c(Cl)cncc2Cl)Cc2cc(F)cc(F)c2)cnn1C1CCC(C(=O)O)CC1. The van der Waals surface area contributed by atoms with Gasteiger partial charge >= 0.3 is 5.97 Å². The zero-order chi connectivity index (χ0) is 27.6. The van der Waals surface area contributed by atoms with E-state index in [0.29, 0.717) is 37.4 Å². The minimum absolute atomic E-state index is 0.00710. The van der Waals surface area contributed by atoms with Crippen LogP contribution in [-0.4, -0.2) is 49.0 Å². The second kappa shape index (κ2) is 11.6. The number of aliphatic carboxylic acids is 1. The molecule has 1 fully saturated rings. The van der Waals surface area contributed by atoms with E-state index in [1.807, 2.05) is 0 Å². The number of halogens is 4. The lowest BCUT2D eigenvalue weighted by Crippen LogP contribution is -2.36. The van der Waals surface area contributed by atoms with Crippen molar-refractivity contribution in [1.29, 1.82) is 0 Å². The van der Waals surface area contributed by atoms with Crippen LogP contribution in [0.25, 0.3) is 0 Å². The Hall–Kier alpha value is -3.37. The van der Waals surface area contributed by atoms with Crippen LogP contribution >= 0.6 is 23.2 Å². The van der Waals surface area contributed by atoms with E-state index in [-0.39, 0.29) is 39.3 Å². The van der Waals surface area contributed by atoms with Crippen LogP contribution in [0.3, 0.4) is 0 Å². The van der Waals surface area contributed by atoms with Crippen LogP contribution in [0.4, 0.5) is 8.78 Å². The quantitative estimate of drug-likeness (QED) is 0.361. The zero-order valence-electron chi connectivity index (χ0n) is 20.3. The van der Waals surface area contributed by atoms with E-state index in [1.165, 1.54) is 18.6 Å². The van der Waals surface area contributed by atoms with E-state index < -0.39 is 41.8 Å². The van der Waals surface area contributed by atoms with Crippen LogP contribution in [0, 0.1) is 24.5 Å². The van der Waals surface area contributed by atoms with Gasteiger partial charge in [0.1, 0.15) is 11.6 Å². The molecular formula is C26H24Cl2F2N4O4. The average Bonchev–Trinajstić information content (AvgIpc) is 3.23. The van der Waals surface area contributed by atoms with E-state index in [2.05, 4.69) is 10.1 Å². The molecule has 8 nitrogen and oxygen atoms in total. The maximum atomic E-state index is 13.9. The van der Waals surface area contributed by atoms with Crippen molar-refractivity contribution >= 4 is 40.9 Å². The maximum Gasteiger partial charge on any atom is 0.306 e. The Labute approximate surface area is 227 Å². The van der Waals surface area contributed by atoms with Crippen molar-refractivity contribution in [3.05, 3.63) is 80.9 Å². The van der Waals surface area contributed by atoms with Crippen LogP contribution in [-0.2, 0) is 11.3 Å². The topological polar surface area (TPSA) is 105 Å². The summed E-state index contributed by atoms with van der Waals surface area (Å²) in [5.74, 6) is -4.01. The molecule has 2 heterocycles. The largest absolute Gasteiger partial charge is 0.481 e. The number of rotatable bonds is 8. The lowest BCUT2D eigenvalue weighted by Gasteiger charge is -2.27. The van der Waals surface area contributed by atoms with Gasteiger partial charge in [-0.05, 0) is 50.3 Å². The molecule has 0 unspecified atom stereocenters. The molecule has 1 N–H and O–H groups in total. The van der Waals surface area contributed by atoms with Crippen LogP contribution in [0.5, 0.6) is 0 Å². The molecular weight excluding hydrogens is 541 g/mol. The number of hydrogen-bond donors (Lipinski definition) is 1. The first kappa shape index (κ1) is 27.7. The molecule has 0 radical (unpaired) electrons. The fourth-order valence-electron chi connectivity index (χ4n) is 4.79. The van der Waals surface area contributed by atoms with E-state index >= 15 is 0 Å². The van der Waals surface area contributed by atoms with Crippen molar-refractivity contribution in [2.24, 2.45) is 5.92 Å². The van der Waals surface area contributed by atoms with Crippen molar-refractivity contribution in [3.63, 3.8) is 0 Å². The van der Waals surface area contributed by atoms with Crippen LogP contribution in [0.1, 0.15) is 63.7 Å². The molecule has 1 aromatic carbocycles. The molecule has 200 valence electrons. The number of ketones is 1. The number of aromatic nitrogens is 3. The Morgan fingerprint density at radius 2 is 1.63 bits per heavy atom. The third kappa shape index (κ3) is 6.02. The first-order valence-corrected chi connectivity index (χ1v) is 12.6. The monoisotopic (exact) mass is 564 g/mol. The predicted molar refractivity (Wildman–Crippen MR) is 135 cm³/mol. The summed E-state index contributed by atoms with van der Waals surface area (Å²) in [5.41, 5.74) is 0.875. The van der Waals surface area contributed by atoms with Gasteiger partial charge in [0.25, 0.3) is 5.91 Å². The Balaban J connectivity index is 1.62. The van der Waals surface area contributed by atoms with Crippen LogP contribution < -0.4 is 0 Å². The first-order chi connectivity index (χ1) is 18.0. The van der Waals surface area contributed by atoms with E-state index in [1.54, 1.807) is 11.6 Å². The van der Waals surface area contributed by atoms with Crippen LogP contribution in [0.15, 0.2) is 36.8 Å². The van der Waals surface area contributed by atoms with Gasteiger partial charge in [-0.15, -0.1) is 0 Å². The Bertz CT molecular complexity index is 1350. The van der Waals surface area contributed by atoms with Crippen molar-refractivity contribution in [1.82, 2.24) is 19.7 Å². The summed E-state index contributed by atoms with van der Waals surface area (Å²) in [6.07, 6.45) is 6.08. The minimum Gasteiger partial charge on any atom is -0.481 e. The van der Waals surface area contributed by atoms with E-state index in [4.69, 9.17) is 23.2 Å². The number of carboxylic acids is 1. The number of Topliss-reactive ketones (excluding diaryl/α,β-unsaturated/α-hetero) is 1. The normalized spacial score (nSPS) is 17.3. The van der Waals surface area contributed by atoms with Crippen molar-refractivity contribution in [3.8, 4) is 0 Å². The van der Waals surface area contributed by atoms with Gasteiger partial charge in [0.05, 0.1) is 45.9 Å². The molecule has 0 atom stereocenters. The van der Waals surface area contributed by atoms with Gasteiger partial charge in [-0.1, -0.05) is 23.2 Å². The van der Waals surface area contributed by atoms with Gasteiger partial charge in [-0.2, -0.15) is 5.10 Å². The fourth-order valence-corrected chi connectivity index (χ4v) is 5.37. The van der Waals surface area contributed by atoms with Gasteiger partial charge in [0, 0.05) is 30.7 Å². The number of carbonyl (C=O) groups is 3. The first-order valence-electron chi connectivity index (χ1n) is 11.9. The van der Waals surface area contributed by atoms with Gasteiger partial charge in [-0.25, -0.2) is 8.78 Å². The molecule has 0 spiro atoms. The predicted octanol–water partition coefficient (Wildman–Crippen LogP) is 5.51. The third-order valence-corrected chi connectivity index (χ3v) is 7.29. The van der Waals surface area contributed by atoms with E-state index in [0.717, 1.165) is 17.0 Å². The number of nitrogens with zero attached hydrogens (tertiary/aromatic N) is 4. The summed E-state index contributed by atoms with van der Waals surface area (Å²) < 4.78 is 29.5. The summed E-state index contributed by atoms with van der Waals surface area (Å²) in [6.45, 7) is 0.963. The zero-order valence-corrected chi connectivity index (χ0v) is 21.8. The smallest absolute Gasteiger partial charge is 0.306 e. The van der Waals surface area contributed by atoms with Crippen LogP contribution in [0.2, 0.25) is 10.0 Å². The number of carboxylic acid groups (broad SMARTS) is 1. The second-order valence-electron chi connectivity index (χ2n) is 9.27.